The van der Waals surface area contributed by atoms with Crippen molar-refractivity contribution in [2.75, 3.05) is 26.2 Å². The van der Waals surface area contributed by atoms with Crippen molar-refractivity contribution in [3.05, 3.63) is 47.5 Å². The summed E-state index contributed by atoms with van der Waals surface area (Å²) in [6.45, 7) is 7.91. The number of hydrogen-bond donors (Lipinski definition) is 1. The van der Waals surface area contributed by atoms with Gasteiger partial charge in [0.15, 0.2) is 11.8 Å². The molecule has 0 aliphatic carbocycles. The van der Waals surface area contributed by atoms with E-state index in [1.165, 1.54) is 37.9 Å². The molecule has 8 heteroatoms. The smallest absolute Gasteiger partial charge is 0.194 e. The van der Waals surface area contributed by atoms with Gasteiger partial charge in [0.25, 0.3) is 0 Å². The zero-order chi connectivity index (χ0) is 19.3. The minimum Gasteiger partial charge on any atom is -0.349 e. The van der Waals surface area contributed by atoms with Crippen molar-refractivity contribution in [3.63, 3.8) is 0 Å². The molecule has 7 nitrogen and oxygen atoms in total. The summed E-state index contributed by atoms with van der Waals surface area (Å²) in [5, 5.41) is 12.0. The molecule has 29 heavy (non-hydrogen) atoms. The zero-order valence-corrected chi connectivity index (χ0v) is 19.7. The summed E-state index contributed by atoms with van der Waals surface area (Å²) in [5.41, 5.74) is 1.23. The van der Waals surface area contributed by atoms with E-state index in [9.17, 15) is 0 Å². The van der Waals surface area contributed by atoms with Gasteiger partial charge >= 0.3 is 0 Å². The molecule has 158 valence electrons. The van der Waals surface area contributed by atoms with Crippen molar-refractivity contribution in [3.8, 4) is 0 Å². The second-order valence-corrected chi connectivity index (χ2v) is 7.83. The van der Waals surface area contributed by atoms with Gasteiger partial charge in [-0.2, -0.15) is 0 Å². The summed E-state index contributed by atoms with van der Waals surface area (Å²) in [6, 6.07) is 11.1. The largest absolute Gasteiger partial charge is 0.349 e. The van der Waals surface area contributed by atoms with Crippen LogP contribution in [-0.2, 0) is 20.1 Å². The maximum Gasteiger partial charge on any atom is 0.194 e. The molecule has 2 aliphatic rings. The molecule has 1 N–H and O–H groups in total. The number of halogens is 1. The van der Waals surface area contributed by atoms with Gasteiger partial charge in [0.05, 0.1) is 13.1 Å². The van der Waals surface area contributed by atoms with Gasteiger partial charge in [-0.15, -0.1) is 34.2 Å². The molecule has 1 atom stereocenters. The average Bonchev–Trinajstić information content (AvgIpc) is 3.46. The fraction of sp³-hybridized carbons (Fsp3) is 0.571. The number of guanidine groups is 1. The molecule has 3 heterocycles. The molecular weight excluding hydrogens is 477 g/mol. The highest BCUT2D eigenvalue weighted by Crippen LogP contribution is 2.20. The van der Waals surface area contributed by atoms with Gasteiger partial charge in [-0.05, 0) is 44.8 Å². The average molecular weight is 509 g/mol. The summed E-state index contributed by atoms with van der Waals surface area (Å²) < 4.78 is 2.03. The summed E-state index contributed by atoms with van der Waals surface area (Å²) >= 11 is 0. The standard InChI is InChI=1S/C21H31N7.HI/c1-17-24-25-20(26(17)2)15-23-21(22-14-18-8-4-3-5-9-18)28-13-10-19(16-28)27-11-6-7-12-27;/h3-5,8-9,19H,6-7,10-16H2,1-2H3,(H,22,23);1H. The van der Waals surface area contributed by atoms with Crippen molar-refractivity contribution in [2.24, 2.45) is 12.0 Å². The first kappa shape index (κ1) is 22.0. The second kappa shape index (κ2) is 10.4. The highest BCUT2D eigenvalue weighted by Gasteiger charge is 2.30. The highest BCUT2D eigenvalue weighted by molar-refractivity contribution is 14.0. The topological polar surface area (TPSA) is 61.6 Å². The quantitative estimate of drug-likeness (QED) is 0.382. The van der Waals surface area contributed by atoms with Crippen LogP contribution < -0.4 is 5.32 Å². The van der Waals surface area contributed by atoms with Crippen molar-refractivity contribution >= 4 is 29.9 Å². The van der Waals surface area contributed by atoms with Crippen LogP contribution in [0.4, 0.5) is 0 Å². The first-order valence-corrected chi connectivity index (χ1v) is 10.4. The zero-order valence-electron chi connectivity index (χ0n) is 17.4. The van der Waals surface area contributed by atoms with Crippen LogP contribution >= 0.6 is 24.0 Å². The van der Waals surface area contributed by atoms with Gasteiger partial charge in [-0.3, -0.25) is 4.90 Å². The third kappa shape index (κ3) is 5.48. The highest BCUT2D eigenvalue weighted by atomic mass is 127. The number of aromatic nitrogens is 3. The lowest BCUT2D eigenvalue weighted by Gasteiger charge is -2.25. The molecule has 2 aliphatic heterocycles. The fourth-order valence-electron chi connectivity index (χ4n) is 4.12. The summed E-state index contributed by atoms with van der Waals surface area (Å²) in [6.07, 6.45) is 3.90. The minimum atomic E-state index is 0. The van der Waals surface area contributed by atoms with E-state index in [1.54, 1.807) is 0 Å². The van der Waals surface area contributed by atoms with E-state index in [0.29, 0.717) is 19.1 Å². The fourth-order valence-corrected chi connectivity index (χ4v) is 4.12. The molecule has 0 amide bonds. The van der Waals surface area contributed by atoms with Crippen molar-refractivity contribution in [2.45, 2.75) is 45.3 Å². The second-order valence-electron chi connectivity index (χ2n) is 7.83. The van der Waals surface area contributed by atoms with Crippen molar-refractivity contribution in [1.82, 2.24) is 29.9 Å². The lowest BCUT2D eigenvalue weighted by Crippen LogP contribution is -2.42. The van der Waals surface area contributed by atoms with E-state index in [4.69, 9.17) is 4.99 Å². The number of hydrogen-bond acceptors (Lipinski definition) is 4. The van der Waals surface area contributed by atoms with Crippen LogP contribution in [0.15, 0.2) is 35.3 Å². The number of likely N-dealkylation sites (tertiary alicyclic amines) is 2. The third-order valence-corrected chi connectivity index (χ3v) is 5.96. The third-order valence-electron chi connectivity index (χ3n) is 5.96. The minimum absolute atomic E-state index is 0. The molecule has 2 fully saturated rings. The first-order chi connectivity index (χ1) is 13.7. The molecule has 2 saturated heterocycles. The Hall–Kier alpha value is -1.68. The van der Waals surface area contributed by atoms with Gasteiger partial charge in [-0.1, -0.05) is 30.3 Å². The molecular formula is C21H32IN7. The molecule has 1 aromatic carbocycles. The Kier molecular flexibility index (Phi) is 7.88. The van der Waals surface area contributed by atoms with Crippen LogP contribution in [0.3, 0.4) is 0 Å². The Labute approximate surface area is 190 Å². The van der Waals surface area contributed by atoms with E-state index < -0.39 is 0 Å². The molecule has 0 saturated carbocycles. The van der Waals surface area contributed by atoms with Gasteiger partial charge in [0.1, 0.15) is 5.82 Å². The summed E-state index contributed by atoms with van der Waals surface area (Å²) in [5.74, 6) is 2.83. The molecule has 0 spiro atoms. The van der Waals surface area contributed by atoms with Crippen LogP contribution in [0.25, 0.3) is 0 Å². The monoisotopic (exact) mass is 509 g/mol. The Morgan fingerprint density at radius 1 is 1.14 bits per heavy atom. The molecule has 1 aromatic heterocycles. The van der Waals surface area contributed by atoms with Gasteiger partial charge in [-0.25, -0.2) is 4.99 Å². The molecule has 2 aromatic rings. The van der Waals surface area contributed by atoms with E-state index in [-0.39, 0.29) is 24.0 Å². The van der Waals surface area contributed by atoms with Crippen LogP contribution in [-0.4, -0.2) is 62.7 Å². The van der Waals surface area contributed by atoms with E-state index in [0.717, 1.165) is 30.7 Å². The molecule has 0 radical (unpaired) electrons. The number of rotatable bonds is 5. The Bertz CT molecular complexity index is 799. The van der Waals surface area contributed by atoms with Crippen LogP contribution in [0.2, 0.25) is 0 Å². The number of nitrogens with zero attached hydrogens (tertiary/aromatic N) is 6. The van der Waals surface area contributed by atoms with Crippen LogP contribution in [0.1, 0.15) is 36.5 Å². The summed E-state index contributed by atoms with van der Waals surface area (Å²) in [4.78, 5) is 10.0. The van der Waals surface area contributed by atoms with Gasteiger partial charge in [0, 0.05) is 26.2 Å². The van der Waals surface area contributed by atoms with Gasteiger partial charge < -0.3 is 14.8 Å². The maximum absolute atomic E-state index is 4.94. The number of aliphatic imine (C=N–C) groups is 1. The lowest BCUT2D eigenvalue weighted by atomic mass is 10.2. The number of nitrogens with one attached hydrogen (secondary N) is 1. The first-order valence-electron chi connectivity index (χ1n) is 10.4. The maximum atomic E-state index is 4.94. The van der Waals surface area contributed by atoms with Crippen molar-refractivity contribution in [1.29, 1.82) is 0 Å². The number of aryl methyl sites for hydroxylation is 1. The summed E-state index contributed by atoms with van der Waals surface area (Å²) in [7, 11) is 2.01. The van der Waals surface area contributed by atoms with Crippen LogP contribution in [0, 0.1) is 6.92 Å². The number of benzene rings is 1. The predicted octanol–water partition coefficient (Wildman–Crippen LogP) is 2.56. The Morgan fingerprint density at radius 2 is 1.90 bits per heavy atom. The normalized spacial score (nSPS) is 20.1. The SMILES string of the molecule is Cc1nnc(CNC(=NCc2ccccc2)N2CCC(N3CCCC3)C2)n1C.I. The van der Waals surface area contributed by atoms with Crippen molar-refractivity contribution < 1.29 is 0 Å². The van der Waals surface area contributed by atoms with Gasteiger partial charge in [0.2, 0.25) is 0 Å². The molecule has 4 rings (SSSR count). The lowest BCUT2D eigenvalue weighted by molar-refractivity contribution is 0.249. The Morgan fingerprint density at radius 3 is 2.59 bits per heavy atom. The predicted molar refractivity (Wildman–Crippen MR) is 126 cm³/mol. The van der Waals surface area contributed by atoms with E-state index in [1.807, 2.05) is 24.6 Å². The Balaban J connectivity index is 0.00000240. The van der Waals surface area contributed by atoms with E-state index >= 15 is 0 Å². The van der Waals surface area contributed by atoms with Crippen LogP contribution in [0.5, 0.6) is 0 Å². The van der Waals surface area contributed by atoms with E-state index in [2.05, 4.69) is 49.6 Å². The molecule has 0 bridgehead atoms. The molecule has 1 unspecified atom stereocenters.